The summed E-state index contributed by atoms with van der Waals surface area (Å²) in [6, 6.07) is 8.52. The van der Waals surface area contributed by atoms with E-state index in [1.54, 1.807) is 4.90 Å². The van der Waals surface area contributed by atoms with Crippen LogP contribution in [0.25, 0.3) is 0 Å². The molecule has 2 aromatic carbocycles. The van der Waals surface area contributed by atoms with Crippen LogP contribution in [-0.2, 0) is 32.2 Å². The molecule has 0 radical (unpaired) electrons. The number of likely N-dealkylation sites (tertiary alicyclic amines) is 1. The standard InChI is InChI=1S/C32H38F2N4O8/c33-22-3-1-18(7-23(22)34)11-36-14-21-15-37(5-6-43-21)32(42)24-9-20(35-29(39)10-27-30(40)31(41)28(16-36)46-27)13-38(24)12-19-2-4-25-26(8-19)45-17-44-25/h1-4,7-8,20-21,24,27-28,30-31,40-41H,5-6,9-17H2,(H,35,39)/t20-,21+,24-,27-,28+,30-,31+/m0/s1. The number of amides is 2. The highest BCUT2D eigenvalue weighted by Gasteiger charge is 2.46. The lowest BCUT2D eigenvalue weighted by Gasteiger charge is -2.38. The Balaban J connectivity index is 1.15. The minimum absolute atomic E-state index is 0.0562. The van der Waals surface area contributed by atoms with Crippen molar-refractivity contribution in [3.8, 4) is 11.5 Å². The fourth-order valence-corrected chi connectivity index (χ4v) is 7.21. The zero-order valence-electron chi connectivity index (χ0n) is 25.2. The summed E-state index contributed by atoms with van der Waals surface area (Å²) in [6.07, 6.45) is -4.53. The molecule has 5 aliphatic rings. The Morgan fingerprint density at radius 1 is 0.870 bits per heavy atom. The van der Waals surface area contributed by atoms with Crippen LogP contribution in [0.1, 0.15) is 24.0 Å². The van der Waals surface area contributed by atoms with Crippen molar-refractivity contribution in [2.24, 2.45) is 0 Å². The molecule has 5 aliphatic heterocycles. The largest absolute Gasteiger partial charge is 0.454 e. The van der Waals surface area contributed by atoms with Gasteiger partial charge >= 0.3 is 0 Å². The molecule has 0 unspecified atom stereocenters. The van der Waals surface area contributed by atoms with E-state index in [0.29, 0.717) is 62.8 Å². The second-order valence-electron chi connectivity index (χ2n) is 12.8. The number of aliphatic hydroxyl groups is 2. The summed E-state index contributed by atoms with van der Waals surface area (Å²) in [5, 5.41) is 24.7. The molecule has 7 rings (SSSR count). The Labute approximate surface area is 264 Å². The number of nitrogens with zero attached hydrogens (tertiary/aromatic N) is 3. The van der Waals surface area contributed by atoms with Crippen LogP contribution in [0.15, 0.2) is 36.4 Å². The number of ether oxygens (including phenoxy) is 4. The van der Waals surface area contributed by atoms with E-state index in [4.69, 9.17) is 18.9 Å². The summed E-state index contributed by atoms with van der Waals surface area (Å²) in [4.78, 5) is 33.0. The van der Waals surface area contributed by atoms with E-state index in [1.807, 2.05) is 23.1 Å². The van der Waals surface area contributed by atoms with E-state index in [9.17, 15) is 28.6 Å². The monoisotopic (exact) mass is 644 g/mol. The maximum atomic E-state index is 14.1. The van der Waals surface area contributed by atoms with Gasteiger partial charge in [0.25, 0.3) is 0 Å². The molecule has 248 valence electrons. The second-order valence-corrected chi connectivity index (χ2v) is 12.8. The molecule has 2 aromatic rings. The molecule has 0 aromatic heterocycles. The van der Waals surface area contributed by atoms with Gasteiger partial charge < -0.3 is 39.4 Å². The summed E-state index contributed by atoms with van der Waals surface area (Å²) in [5.74, 6) is -1.02. The average molecular weight is 645 g/mol. The van der Waals surface area contributed by atoms with Crippen LogP contribution in [0.3, 0.4) is 0 Å². The minimum Gasteiger partial charge on any atom is -0.454 e. The summed E-state index contributed by atoms with van der Waals surface area (Å²) in [6.45, 7) is 2.66. The maximum Gasteiger partial charge on any atom is 0.240 e. The number of rotatable bonds is 4. The van der Waals surface area contributed by atoms with Crippen LogP contribution in [0.4, 0.5) is 8.78 Å². The van der Waals surface area contributed by atoms with Gasteiger partial charge in [0.1, 0.15) is 12.2 Å². The molecule has 2 amide bonds. The normalized spacial score (nSPS) is 32.2. The van der Waals surface area contributed by atoms with Crippen molar-refractivity contribution in [2.75, 3.05) is 46.1 Å². The molecule has 46 heavy (non-hydrogen) atoms. The van der Waals surface area contributed by atoms with Crippen LogP contribution < -0.4 is 14.8 Å². The van der Waals surface area contributed by atoms with Crippen LogP contribution in [0.2, 0.25) is 0 Å². The Morgan fingerprint density at radius 3 is 2.50 bits per heavy atom. The Kier molecular flexibility index (Phi) is 8.83. The van der Waals surface area contributed by atoms with Gasteiger partial charge in [0.15, 0.2) is 23.1 Å². The molecule has 4 fully saturated rings. The van der Waals surface area contributed by atoms with Gasteiger partial charge in [0.2, 0.25) is 18.6 Å². The lowest BCUT2D eigenvalue weighted by atomic mass is 10.0. The van der Waals surface area contributed by atoms with Gasteiger partial charge in [-0.1, -0.05) is 12.1 Å². The van der Waals surface area contributed by atoms with Crippen molar-refractivity contribution in [1.29, 1.82) is 0 Å². The van der Waals surface area contributed by atoms with Crippen LogP contribution in [0, 0.1) is 11.6 Å². The molecule has 12 nitrogen and oxygen atoms in total. The van der Waals surface area contributed by atoms with E-state index in [-0.39, 0.29) is 44.2 Å². The number of benzene rings is 2. The van der Waals surface area contributed by atoms with Crippen molar-refractivity contribution >= 4 is 11.8 Å². The fourth-order valence-electron chi connectivity index (χ4n) is 7.21. The number of fused-ring (bicyclic) bond motifs is 7. The number of carbonyl (C=O) groups is 2. The smallest absolute Gasteiger partial charge is 0.240 e. The highest BCUT2D eigenvalue weighted by molar-refractivity contribution is 5.83. The van der Waals surface area contributed by atoms with Crippen molar-refractivity contribution in [2.45, 2.75) is 68.5 Å². The molecule has 4 saturated heterocycles. The van der Waals surface area contributed by atoms with Gasteiger partial charge in [-0.2, -0.15) is 0 Å². The van der Waals surface area contributed by atoms with Crippen LogP contribution in [-0.4, -0.2) is 125 Å². The third-order valence-corrected chi connectivity index (χ3v) is 9.46. The van der Waals surface area contributed by atoms with E-state index >= 15 is 0 Å². The first-order chi connectivity index (χ1) is 22.2. The third-order valence-electron chi connectivity index (χ3n) is 9.46. The first-order valence-corrected chi connectivity index (χ1v) is 15.7. The Morgan fingerprint density at radius 2 is 1.65 bits per heavy atom. The summed E-state index contributed by atoms with van der Waals surface area (Å²) < 4.78 is 50.8. The summed E-state index contributed by atoms with van der Waals surface area (Å²) >= 11 is 0. The maximum absolute atomic E-state index is 14.1. The predicted octanol–water partition coefficient (Wildman–Crippen LogP) is 0.375. The number of nitrogens with one attached hydrogen (secondary N) is 1. The van der Waals surface area contributed by atoms with Gasteiger partial charge in [-0.25, -0.2) is 8.78 Å². The first kappa shape index (κ1) is 31.2. The number of halogens is 2. The third kappa shape index (κ3) is 6.55. The summed E-state index contributed by atoms with van der Waals surface area (Å²) in [5.41, 5.74) is 1.44. The quantitative estimate of drug-likeness (QED) is 0.429. The van der Waals surface area contributed by atoms with Crippen molar-refractivity contribution < 1.29 is 47.5 Å². The molecule has 6 bridgehead atoms. The van der Waals surface area contributed by atoms with Crippen LogP contribution in [0.5, 0.6) is 11.5 Å². The minimum atomic E-state index is -1.29. The molecule has 0 spiro atoms. The summed E-state index contributed by atoms with van der Waals surface area (Å²) in [7, 11) is 0. The zero-order chi connectivity index (χ0) is 31.9. The number of hydrogen-bond acceptors (Lipinski definition) is 10. The van der Waals surface area contributed by atoms with Gasteiger partial charge in [-0.05, 0) is 41.8 Å². The molecule has 5 heterocycles. The van der Waals surface area contributed by atoms with E-state index in [1.165, 1.54) is 6.07 Å². The highest BCUT2D eigenvalue weighted by Crippen LogP contribution is 2.34. The Bertz CT molecular complexity index is 1470. The SMILES string of the molecule is O=C1C[C@@H]2O[C@H](CN(Cc3ccc(F)c(F)c3)C[C@@H]3CN(CCO3)C(=O)[C@@H]3C[C@@H](CN3Cc3ccc4c(c3)OCO4)N1)[C@@H](O)[C@H]2O. The van der Waals surface area contributed by atoms with Crippen molar-refractivity contribution in [1.82, 2.24) is 20.0 Å². The number of aliphatic hydroxyl groups excluding tert-OH is 2. The molecule has 0 aliphatic carbocycles. The van der Waals surface area contributed by atoms with E-state index < -0.39 is 48.2 Å². The number of hydrogen-bond donors (Lipinski definition) is 3. The van der Waals surface area contributed by atoms with Crippen molar-refractivity contribution in [3.63, 3.8) is 0 Å². The van der Waals surface area contributed by atoms with Gasteiger partial charge in [-0.15, -0.1) is 0 Å². The lowest BCUT2D eigenvalue weighted by Crippen LogP contribution is -2.54. The Hall–Kier alpha value is -3.40. The molecule has 0 saturated carbocycles. The fraction of sp³-hybridized carbons (Fsp3) is 0.562. The van der Waals surface area contributed by atoms with Gasteiger partial charge in [-0.3, -0.25) is 19.4 Å². The van der Waals surface area contributed by atoms with E-state index in [0.717, 1.165) is 17.7 Å². The predicted molar refractivity (Wildman–Crippen MR) is 157 cm³/mol. The first-order valence-electron chi connectivity index (χ1n) is 15.7. The van der Waals surface area contributed by atoms with Gasteiger partial charge in [0, 0.05) is 51.9 Å². The average Bonchev–Trinajstić information content (AvgIpc) is 3.73. The molecular weight excluding hydrogens is 606 g/mol. The number of morpholine rings is 1. The molecular formula is C32H38F2N4O8. The topological polar surface area (TPSA) is 133 Å². The zero-order valence-corrected chi connectivity index (χ0v) is 25.2. The lowest BCUT2D eigenvalue weighted by molar-refractivity contribution is -0.145. The molecule has 3 N–H and O–H groups in total. The highest BCUT2D eigenvalue weighted by atomic mass is 19.2. The number of carbonyl (C=O) groups excluding carboxylic acids is 2. The van der Waals surface area contributed by atoms with E-state index in [2.05, 4.69) is 10.2 Å². The van der Waals surface area contributed by atoms with Gasteiger partial charge in [0.05, 0.1) is 37.4 Å². The second kappa shape index (κ2) is 13.0. The molecule has 14 heteroatoms. The van der Waals surface area contributed by atoms with Crippen molar-refractivity contribution in [3.05, 3.63) is 59.2 Å². The van der Waals surface area contributed by atoms with Crippen LogP contribution >= 0.6 is 0 Å². The molecule has 7 atom stereocenters.